The summed E-state index contributed by atoms with van der Waals surface area (Å²) in [5.74, 6) is 0. The summed E-state index contributed by atoms with van der Waals surface area (Å²) in [5, 5.41) is 3.58. The first kappa shape index (κ1) is 16.4. The van der Waals surface area contributed by atoms with Crippen LogP contribution >= 0.6 is 0 Å². The van der Waals surface area contributed by atoms with Crippen molar-refractivity contribution < 1.29 is 4.74 Å². The van der Waals surface area contributed by atoms with Crippen molar-refractivity contribution in [2.75, 3.05) is 33.4 Å². The molecule has 1 aliphatic heterocycles. The van der Waals surface area contributed by atoms with E-state index in [1.807, 2.05) is 13.0 Å². The van der Waals surface area contributed by atoms with Crippen molar-refractivity contribution in [2.45, 2.75) is 39.8 Å². The Bertz CT molecular complexity index is 441. The number of rotatable bonds is 7. The average Bonchev–Trinajstić information content (AvgIpc) is 2.85. The van der Waals surface area contributed by atoms with Crippen LogP contribution in [0.2, 0.25) is 0 Å². The first-order chi connectivity index (χ1) is 9.99. The van der Waals surface area contributed by atoms with Gasteiger partial charge in [0.05, 0.1) is 12.3 Å². The van der Waals surface area contributed by atoms with Crippen LogP contribution in [0.5, 0.6) is 0 Å². The molecule has 1 aliphatic rings. The van der Waals surface area contributed by atoms with Crippen molar-refractivity contribution in [3.8, 4) is 0 Å². The number of hydrogen-bond donors (Lipinski definition) is 1. The Morgan fingerprint density at radius 1 is 1.43 bits per heavy atom. The Hall–Kier alpha value is -0.970. The minimum atomic E-state index is 0.239. The normalized spacial score (nSPS) is 22.4. The SMILES string of the molecule is Cc1cccc(CN(C)CC2(CNC(C)C)CCOC2)n1. The Morgan fingerprint density at radius 2 is 2.24 bits per heavy atom. The van der Waals surface area contributed by atoms with Gasteiger partial charge in [-0.15, -0.1) is 0 Å². The molecule has 1 atom stereocenters. The molecule has 2 heterocycles. The van der Waals surface area contributed by atoms with Gasteiger partial charge in [0.25, 0.3) is 0 Å². The van der Waals surface area contributed by atoms with Crippen LogP contribution in [0, 0.1) is 12.3 Å². The molecular weight excluding hydrogens is 262 g/mol. The van der Waals surface area contributed by atoms with Crippen LogP contribution < -0.4 is 5.32 Å². The van der Waals surface area contributed by atoms with E-state index in [1.54, 1.807) is 0 Å². The fraction of sp³-hybridized carbons (Fsp3) is 0.706. The second kappa shape index (κ2) is 7.34. The Labute approximate surface area is 128 Å². The van der Waals surface area contributed by atoms with Crippen LogP contribution in [0.15, 0.2) is 18.2 Å². The van der Waals surface area contributed by atoms with E-state index < -0.39 is 0 Å². The zero-order valence-electron chi connectivity index (χ0n) is 13.9. The summed E-state index contributed by atoms with van der Waals surface area (Å²) in [4.78, 5) is 6.97. The topological polar surface area (TPSA) is 37.4 Å². The van der Waals surface area contributed by atoms with E-state index >= 15 is 0 Å². The van der Waals surface area contributed by atoms with Crippen molar-refractivity contribution in [1.29, 1.82) is 0 Å². The maximum atomic E-state index is 5.68. The summed E-state index contributed by atoms with van der Waals surface area (Å²) in [5.41, 5.74) is 2.47. The van der Waals surface area contributed by atoms with Gasteiger partial charge in [-0.3, -0.25) is 9.88 Å². The van der Waals surface area contributed by atoms with Crippen LogP contribution in [0.1, 0.15) is 31.7 Å². The highest BCUT2D eigenvalue weighted by atomic mass is 16.5. The molecule has 1 aromatic rings. The number of nitrogens with one attached hydrogen (secondary N) is 1. The fourth-order valence-corrected chi connectivity index (χ4v) is 2.98. The lowest BCUT2D eigenvalue weighted by Gasteiger charge is -2.33. The minimum absolute atomic E-state index is 0.239. The Kier molecular flexibility index (Phi) is 5.73. The molecule has 1 saturated heterocycles. The van der Waals surface area contributed by atoms with Crippen molar-refractivity contribution in [3.63, 3.8) is 0 Å². The van der Waals surface area contributed by atoms with E-state index in [0.717, 1.165) is 50.7 Å². The highest BCUT2D eigenvalue weighted by Gasteiger charge is 2.35. The van der Waals surface area contributed by atoms with E-state index in [0.29, 0.717) is 6.04 Å². The van der Waals surface area contributed by atoms with Crippen LogP contribution in [0.25, 0.3) is 0 Å². The van der Waals surface area contributed by atoms with Crippen molar-refractivity contribution in [3.05, 3.63) is 29.6 Å². The van der Waals surface area contributed by atoms with E-state index in [-0.39, 0.29) is 5.41 Å². The van der Waals surface area contributed by atoms with Gasteiger partial charge in [-0.1, -0.05) is 19.9 Å². The molecule has 0 spiro atoms. The second-order valence-electron chi connectivity index (χ2n) is 6.78. The van der Waals surface area contributed by atoms with Gasteiger partial charge in [-0.05, 0) is 32.5 Å². The third-order valence-corrected chi connectivity index (χ3v) is 4.05. The quantitative estimate of drug-likeness (QED) is 0.836. The second-order valence-corrected chi connectivity index (χ2v) is 6.78. The predicted octanol–water partition coefficient (Wildman–Crippen LogP) is 2.23. The van der Waals surface area contributed by atoms with Gasteiger partial charge < -0.3 is 10.1 Å². The van der Waals surface area contributed by atoms with E-state index in [4.69, 9.17) is 4.74 Å². The molecule has 4 nitrogen and oxygen atoms in total. The van der Waals surface area contributed by atoms with Gasteiger partial charge in [-0.2, -0.15) is 0 Å². The lowest BCUT2D eigenvalue weighted by atomic mass is 9.86. The first-order valence-electron chi connectivity index (χ1n) is 7.91. The molecule has 1 unspecified atom stereocenters. The molecule has 118 valence electrons. The molecule has 21 heavy (non-hydrogen) atoms. The zero-order chi connectivity index (χ0) is 15.3. The van der Waals surface area contributed by atoms with Gasteiger partial charge >= 0.3 is 0 Å². The summed E-state index contributed by atoms with van der Waals surface area (Å²) < 4.78 is 5.68. The third-order valence-electron chi connectivity index (χ3n) is 4.05. The van der Waals surface area contributed by atoms with E-state index in [1.165, 1.54) is 0 Å². The highest BCUT2D eigenvalue weighted by Crippen LogP contribution is 2.29. The summed E-state index contributed by atoms with van der Waals surface area (Å²) in [6.45, 7) is 11.1. The summed E-state index contributed by atoms with van der Waals surface area (Å²) in [6.07, 6.45) is 1.14. The van der Waals surface area contributed by atoms with Crippen molar-refractivity contribution in [1.82, 2.24) is 15.2 Å². The third kappa shape index (κ3) is 5.06. The minimum Gasteiger partial charge on any atom is -0.381 e. The van der Waals surface area contributed by atoms with Gasteiger partial charge in [0.15, 0.2) is 0 Å². The number of ether oxygens (including phenoxy) is 1. The fourth-order valence-electron chi connectivity index (χ4n) is 2.98. The predicted molar refractivity (Wildman–Crippen MR) is 86.3 cm³/mol. The molecule has 0 amide bonds. The standard InChI is InChI=1S/C17H29N3O/c1-14(2)18-11-17(8-9-21-13-17)12-20(4)10-16-7-5-6-15(3)19-16/h5-7,14,18H,8-13H2,1-4H3. The highest BCUT2D eigenvalue weighted by molar-refractivity contribution is 5.09. The van der Waals surface area contributed by atoms with Gasteiger partial charge in [0, 0.05) is 43.4 Å². The maximum Gasteiger partial charge on any atom is 0.0547 e. The van der Waals surface area contributed by atoms with Crippen LogP contribution in [0.4, 0.5) is 0 Å². The molecular formula is C17H29N3O. The molecule has 2 rings (SSSR count). The smallest absolute Gasteiger partial charge is 0.0547 e. The van der Waals surface area contributed by atoms with Crippen molar-refractivity contribution in [2.24, 2.45) is 5.41 Å². The zero-order valence-corrected chi connectivity index (χ0v) is 13.9. The molecule has 0 radical (unpaired) electrons. The van der Waals surface area contributed by atoms with E-state index in [2.05, 4.69) is 48.2 Å². The average molecular weight is 291 g/mol. The number of nitrogens with zero attached hydrogens (tertiary/aromatic N) is 2. The molecule has 0 aromatic carbocycles. The lowest BCUT2D eigenvalue weighted by molar-refractivity contribution is 0.114. The Morgan fingerprint density at radius 3 is 2.86 bits per heavy atom. The number of hydrogen-bond acceptors (Lipinski definition) is 4. The molecule has 0 bridgehead atoms. The van der Waals surface area contributed by atoms with Crippen LogP contribution in [-0.2, 0) is 11.3 Å². The molecule has 0 saturated carbocycles. The molecule has 0 aliphatic carbocycles. The molecule has 1 fully saturated rings. The van der Waals surface area contributed by atoms with Crippen LogP contribution in [-0.4, -0.2) is 49.3 Å². The maximum absolute atomic E-state index is 5.68. The summed E-state index contributed by atoms with van der Waals surface area (Å²) in [7, 11) is 2.18. The molecule has 1 aromatic heterocycles. The van der Waals surface area contributed by atoms with Crippen molar-refractivity contribution >= 4 is 0 Å². The number of pyridine rings is 1. The monoisotopic (exact) mass is 291 g/mol. The molecule has 1 N–H and O–H groups in total. The van der Waals surface area contributed by atoms with Gasteiger partial charge in [0.2, 0.25) is 0 Å². The first-order valence-corrected chi connectivity index (χ1v) is 7.91. The molecule has 4 heteroatoms. The van der Waals surface area contributed by atoms with Gasteiger partial charge in [0.1, 0.15) is 0 Å². The summed E-state index contributed by atoms with van der Waals surface area (Å²) in [6, 6.07) is 6.75. The number of aromatic nitrogens is 1. The summed E-state index contributed by atoms with van der Waals surface area (Å²) >= 11 is 0. The van der Waals surface area contributed by atoms with Gasteiger partial charge in [-0.25, -0.2) is 0 Å². The Balaban J connectivity index is 1.93. The lowest BCUT2D eigenvalue weighted by Crippen LogP contribution is -2.45. The van der Waals surface area contributed by atoms with Crippen LogP contribution in [0.3, 0.4) is 0 Å². The van der Waals surface area contributed by atoms with E-state index in [9.17, 15) is 0 Å². The number of aryl methyl sites for hydroxylation is 1. The largest absolute Gasteiger partial charge is 0.381 e.